The fourth-order valence-electron chi connectivity index (χ4n) is 4.10. The van der Waals surface area contributed by atoms with Crippen LogP contribution in [0.5, 0.6) is 11.6 Å². The molecule has 0 atom stereocenters. The first-order valence-electron chi connectivity index (χ1n) is 11.9. The summed E-state index contributed by atoms with van der Waals surface area (Å²) in [6.07, 6.45) is 2.99. The Morgan fingerprint density at radius 1 is 1.11 bits per heavy atom. The minimum atomic E-state index is -0.358. The summed E-state index contributed by atoms with van der Waals surface area (Å²) in [5.41, 5.74) is 5.45. The smallest absolute Gasteiger partial charge is 0.234 e. The number of carbonyl (C=O) groups excluding carboxylic acids is 1. The highest BCUT2D eigenvalue weighted by Crippen LogP contribution is 2.42. The Balaban J connectivity index is 1.46. The molecule has 3 heterocycles. The van der Waals surface area contributed by atoms with E-state index >= 15 is 0 Å². The fourth-order valence-corrected chi connectivity index (χ4v) is 4.92. The molecule has 0 saturated heterocycles. The molecule has 2 aromatic carbocycles. The molecule has 0 unspecified atom stereocenters. The van der Waals surface area contributed by atoms with Crippen molar-refractivity contribution >= 4 is 23.4 Å². The van der Waals surface area contributed by atoms with E-state index in [-0.39, 0.29) is 24.1 Å². The van der Waals surface area contributed by atoms with Gasteiger partial charge in [-0.25, -0.2) is 9.37 Å². The third-order valence-corrected chi connectivity index (χ3v) is 7.16. The monoisotopic (exact) mass is 516 g/mol. The van der Waals surface area contributed by atoms with Crippen molar-refractivity contribution in [2.75, 3.05) is 11.1 Å². The number of pyridine rings is 1. The number of aryl methyl sites for hydroxylation is 2. The van der Waals surface area contributed by atoms with Crippen LogP contribution >= 0.6 is 11.8 Å². The molecule has 1 aliphatic heterocycles. The highest BCUT2D eigenvalue weighted by atomic mass is 32.2. The average Bonchev–Trinajstić information content (AvgIpc) is 2.92. The van der Waals surface area contributed by atoms with Crippen LogP contribution in [0.1, 0.15) is 34.9 Å². The largest absolute Gasteiger partial charge is 0.436 e. The number of nitrogens with one attached hydrogen (secondary N) is 1. The Bertz CT molecular complexity index is 1460. The highest BCUT2D eigenvalue weighted by Gasteiger charge is 2.28. The van der Waals surface area contributed by atoms with E-state index in [0.717, 1.165) is 23.2 Å². The van der Waals surface area contributed by atoms with Gasteiger partial charge in [0.25, 0.3) is 0 Å². The number of hydrogen-bond acceptors (Lipinski definition) is 7. The van der Waals surface area contributed by atoms with Gasteiger partial charge in [-0.05, 0) is 55.3 Å². The molecule has 0 spiro atoms. The van der Waals surface area contributed by atoms with Crippen molar-refractivity contribution in [2.45, 2.75) is 38.3 Å². The summed E-state index contributed by atoms with van der Waals surface area (Å²) in [5, 5.41) is 13.4. The number of aliphatic hydroxyl groups excluding tert-OH is 1. The van der Waals surface area contributed by atoms with Gasteiger partial charge in [0.05, 0.1) is 23.6 Å². The van der Waals surface area contributed by atoms with E-state index in [9.17, 15) is 14.3 Å². The topological polar surface area (TPSA) is 97.2 Å². The zero-order valence-electron chi connectivity index (χ0n) is 20.4. The van der Waals surface area contributed by atoms with E-state index in [0.29, 0.717) is 45.7 Å². The summed E-state index contributed by atoms with van der Waals surface area (Å²) in [6.45, 7) is 3.74. The first kappa shape index (κ1) is 24.9. The van der Waals surface area contributed by atoms with Gasteiger partial charge < -0.3 is 15.2 Å². The number of nitrogens with zero attached hydrogens (tertiary/aromatic N) is 3. The molecule has 1 amide bonds. The zero-order chi connectivity index (χ0) is 25.9. The van der Waals surface area contributed by atoms with Gasteiger partial charge in [0, 0.05) is 35.0 Å². The number of amides is 1. The Labute approximate surface area is 218 Å². The number of carbonyl (C=O) groups is 1. The molecule has 4 aromatic rings. The van der Waals surface area contributed by atoms with Crippen LogP contribution in [0.4, 0.5) is 10.1 Å². The van der Waals surface area contributed by atoms with Crippen molar-refractivity contribution in [3.63, 3.8) is 0 Å². The second kappa shape index (κ2) is 10.7. The third-order valence-electron chi connectivity index (χ3n) is 6.15. The number of ether oxygens (including phenoxy) is 1. The zero-order valence-corrected chi connectivity index (χ0v) is 21.2. The average molecular weight is 517 g/mol. The maximum absolute atomic E-state index is 13.5. The number of hydrogen-bond donors (Lipinski definition) is 2. The molecule has 2 aromatic heterocycles. The van der Waals surface area contributed by atoms with E-state index in [1.54, 1.807) is 18.3 Å². The lowest BCUT2D eigenvalue weighted by Crippen LogP contribution is -2.16. The van der Waals surface area contributed by atoms with E-state index in [4.69, 9.17) is 9.72 Å². The van der Waals surface area contributed by atoms with Crippen LogP contribution in [0.2, 0.25) is 0 Å². The molecule has 0 saturated carbocycles. The van der Waals surface area contributed by atoms with Gasteiger partial charge in [0.15, 0.2) is 11.6 Å². The predicted molar refractivity (Wildman–Crippen MR) is 140 cm³/mol. The summed E-state index contributed by atoms with van der Waals surface area (Å²) < 4.78 is 19.7. The summed E-state index contributed by atoms with van der Waals surface area (Å²) in [5.74, 6) is 0.884. The Morgan fingerprint density at radius 3 is 2.57 bits per heavy atom. The molecule has 5 rings (SSSR count). The molecule has 0 radical (unpaired) electrons. The first-order valence-corrected chi connectivity index (χ1v) is 12.9. The lowest BCUT2D eigenvalue weighted by molar-refractivity contribution is -0.113. The Morgan fingerprint density at radius 2 is 1.86 bits per heavy atom. The van der Waals surface area contributed by atoms with Crippen LogP contribution < -0.4 is 10.1 Å². The van der Waals surface area contributed by atoms with Crippen molar-refractivity contribution in [1.29, 1.82) is 0 Å². The van der Waals surface area contributed by atoms with Gasteiger partial charge in [0.2, 0.25) is 11.8 Å². The molecule has 37 heavy (non-hydrogen) atoms. The normalized spacial score (nSPS) is 11.9. The summed E-state index contributed by atoms with van der Waals surface area (Å²) in [7, 11) is 0. The molecule has 2 N–H and O–H groups in total. The van der Waals surface area contributed by atoms with E-state index in [1.807, 2.05) is 31.2 Å². The number of aromatic nitrogens is 3. The van der Waals surface area contributed by atoms with Crippen LogP contribution in [0.25, 0.3) is 11.4 Å². The molecule has 9 heteroatoms. The number of halogens is 1. The Hall–Kier alpha value is -3.82. The molecule has 0 bridgehead atoms. The lowest BCUT2D eigenvalue weighted by Gasteiger charge is -2.24. The van der Waals surface area contributed by atoms with E-state index in [1.165, 1.54) is 29.5 Å². The van der Waals surface area contributed by atoms with Crippen molar-refractivity contribution in [2.24, 2.45) is 0 Å². The molecule has 0 fully saturated rings. The first-order chi connectivity index (χ1) is 17.9. The van der Waals surface area contributed by atoms with Gasteiger partial charge in [-0.1, -0.05) is 30.8 Å². The fraction of sp³-hybridized carbons (Fsp3) is 0.214. The van der Waals surface area contributed by atoms with E-state index in [2.05, 4.69) is 22.2 Å². The molecule has 7 nitrogen and oxygen atoms in total. The summed E-state index contributed by atoms with van der Waals surface area (Å²) in [4.78, 5) is 26.4. The Kier molecular flexibility index (Phi) is 7.16. The minimum Gasteiger partial charge on any atom is -0.436 e. The molecule has 188 valence electrons. The summed E-state index contributed by atoms with van der Waals surface area (Å²) in [6, 6.07) is 13.7. The van der Waals surface area contributed by atoms with Gasteiger partial charge >= 0.3 is 0 Å². The van der Waals surface area contributed by atoms with Crippen molar-refractivity contribution in [3.8, 4) is 23.0 Å². The van der Waals surface area contributed by atoms with Crippen LogP contribution in [0.3, 0.4) is 0 Å². The number of aliphatic hydroxyl groups is 1. The highest BCUT2D eigenvalue weighted by molar-refractivity contribution is 8.00. The quantitative estimate of drug-likeness (QED) is 0.219. The number of rotatable bonds is 7. The standard InChI is InChI=1S/C28H25FN4O3S/c1-3-17-4-10-21(11-5-17)31-24(35)15-37-28-23-12-22-19(14-34)13-30-16(2)25(22)36-27(23)32-26(33-28)18-6-8-20(29)9-7-18/h4-11,13,34H,3,12,14-15H2,1-2H3,(H,31,35). The molecular formula is C28H25FN4O3S. The summed E-state index contributed by atoms with van der Waals surface area (Å²) >= 11 is 1.28. The maximum atomic E-state index is 13.5. The van der Waals surface area contributed by atoms with Crippen LogP contribution in [-0.2, 0) is 24.2 Å². The predicted octanol–water partition coefficient (Wildman–Crippen LogP) is 5.47. The van der Waals surface area contributed by atoms with Crippen LogP contribution in [-0.4, -0.2) is 31.7 Å². The number of anilines is 1. The molecular weight excluding hydrogens is 491 g/mol. The SMILES string of the molecule is CCc1ccc(NC(=O)CSc2nc(-c3ccc(F)cc3)nc3c2Cc2c(CO)cnc(C)c2O3)cc1. The van der Waals surface area contributed by atoms with Crippen molar-refractivity contribution in [3.05, 3.63) is 88.5 Å². The van der Waals surface area contributed by atoms with Crippen molar-refractivity contribution in [1.82, 2.24) is 15.0 Å². The lowest BCUT2D eigenvalue weighted by atomic mass is 9.99. The number of fused-ring (bicyclic) bond motifs is 2. The maximum Gasteiger partial charge on any atom is 0.234 e. The third kappa shape index (κ3) is 5.33. The molecule has 0 aliphatic carbocycles. The van der Waals surface area contributed by atoms with Gasteiger partial charge in [-0.15, -0.1) is 0 Å². The van der Waals surface area contributed by atoms with E-state index < -0.39 is 0 Å². The van der Waals surface area contributed by atoms with Gasteiger partial charge in [-0.2, -0.15) is 4.98 Å². The molecule has 1 aliphatic rings. The van der Waals surface area contributed by atoms with Crippen LogP contribution in [0, 0.1) is 12.7 Å². The van der Waals surface area contributed by atoms with Crippen molar-refractivity contribution < 1.29 is 19.0 Å². The van der Waals surface area contributed by atoms with Gasteiger partial charge in [0.1, 0.15) is 10.8 Å². The number of benzene rings is 2. The number of thioether (sulfide) groups is 1. The van der Waals surface area contributed by atoms with Crippen LogP contribution in [0.15, 0.2) is 59.8 Å². The second-order valence-corrected chi connectivity index (χ2v) is 9.61. The second-order valence-electron chi connectivity index (χ2n) is 8.64. The minimum absolute atomic E-state index is 0.122. The van der Waals surface area contributed by atoms with Gasteiger partial charge in [-0.3, -0.25) is 9.78 Å².